The van der Waals surface area contributed by atoms with Crippen molar-refractivity contribution in [1.29, 1.82) is 0 Å². The number of aromatic amines is 1. The summed E-state index contributed by atoms with van der Waals surface area (Å²) in [6.07, 6.45) is 3.40. The van der Waals surface area contributed by atoms with E-state index < -0.39 is 5.97 Å². The van der Waals surface area contributed by atoms with Crippen molar-refractivity contribution in [3.63, 3.8) is 0 Å². The summed E-state index contributed by atoms with van der Waals surface area (Å²) in [7, 11) is 0. The third-order valence-electron chi connectivity index (χ3n) is 4.61. The quantitative estimate of drug-likeness (QED) is 0.457. The summed E-state index contributed by atoms with van der Waals surface area (Å²) >= 11 is 6.47. The Labute approximate surface area is 165 Å². The molecule has 0 radical (unpaired) electrons. The van der Waals surface area contributed by atoms with Crippen LogP contribution in [0.4, 0.5) is 0 Å². The van der Waals surface area contributed by atoms with E-state index in [1.807, 2.05) is 30.3 Å². The Morgan fingerprint density at radius 1 is 1.07 bits per heavy atom. The number of nitrogens with one attached hydrogen (secondary N) is 1. The van der Waals surface area contributed by atoms with Crippen LogP contribution in [-0.2, 0) is 11.2 Å². The van der Waals surface area contributed by atoms with Crippen molar-refractivity contribution in [3.05, 3.63) is 65.6 Å². The standard InChI is InChI=1S/C21H16ClN3O3/c22-17-10-19-16(18(24-25-19)5-6-21(27)28)9-15(17)13-3-1-12(2-4-13)14-7-8-23-11-20(14)26/h1-4,7-11,26H,5-6H2,(H,24,25)(H,27,28). The first-order valence-corrected chi connectivity index (χ1v) is 9.03. The molecule has 4 aromatic rings. The summed E-state index contributed by atoms with van der Waals surface area (Å²) < 4.78 is 0. The van der Waals surface area contributed by atoms with Crippen LogP contribution in [0.25, 0.3) is 33.2 Å². The monoisotopic (exact) mass is 393 g/mol. The van der Waals surface area contributed by atoms with Crippen LogP contribution < -0.4 is 0 Å². The number of benzene rings is 2. The van der Waals surface area contributed by atoms with Crippen LogP contribution in [0.15, 0.2) is 54.9 Å². The first kappa shape index (κ1) is 18.0. The predicted octanol–water partition coefficient (Wildman–Crippen LogP) is 4.67. The highest BCUT2D eigenvalue weighted by atomic mass is 35.5. The Balaban J connectivity index is 1.72. The second-order valence-electron chi connectivity index (χ2n) is 6.41. The van der Waals surface area contributed by atoms with E-state index in [0.29, 0.717) is 22.7 Å². The Bertz CT molecular complexity index is 1170. The van der Waals surface area contributed by atoms with E-state index in [2.05, 4.69) is 15.2 Å². The van der Waals surface area contributed by atoms with E-state index in [1.165, 1.54) is 6.20 Å². The normalized spacial score (nSPS) is 11.0. The molecule has 28 heavy (non-hydrogen) atoms. The van der Waals surface area contributed by atoms with Crippen molar-refractivity contribution in [2.45, 2.75) is 12.8 Å². The SMILES string of the molecule is O=C(O)CCc1n[nH]c2cc(Cl)c(-c3ccc(-c4ccncc4O)cc3)cc12. The highest BCUT2D eigenvalue weighted by Crippen LogP contribution is 2.35. The molecule has 3 N–H and O–H groups in total. The number of halogens is 1. The van der Waals surface area contributed by atoms with Crippen molar-refractivity contribution >= 4 is 28.5 Å². The first-order chi connectivity index (χ1) is 13.5. The summed E-state index contributed by atoms with van der Waals surface area (Å²) in [6.45, 7) is 0. The van der Waals surface area contributed by atoms with Gasteiger partial charge in [-0.2, -0.15) is 5.10 Å². The summed E-state index contributed by atoms with van der Waals surface area (Å²) in [5.41, 5.74) is 4.79. The topological polar surface area (TPSA) is 99.1 Å². The molecule has 4 rings (SSSR count). The van der Waals surface area contributed by atoms with Crippen molar-refractivity contribution in [1.82, 2.24) is 15.2 Å². The highest BCUT2D eigenvalue weighted by Gasteiger charge is 2.13. The number of rotatable bonds is 5. The molecule has 6 nitrogen and oxygen atoms in total. The lowest BCUT2D eigenvalue weighted by atomic mass is 9.99. The highest BCUT2D eigenvalue weighted by molar-refractivity contribution is 6.34. The average Bonchev–Trinajstić information content (AvgIpc) is 3.08. The number of H-pyrrole nitrogens is 1. The molecule has 2 aromatic carbocycles. The molecule has 0 fully saturated rings. The first-order valence-electron chi connectivity index (χ1n) is 8.65. The minimum Gasteiger partial charge on any atom is -0.506 e. The van der Waals surface area contributed by atoms with Crippen molar-refractivity contribution < 1.29 is 15.0 Å². The third-order valence-corrected chi connectivity index (χ3v) is 4.92. The lowest BCUT2D eigenvalue weighted by Crippen LogP contribution is -1.98. The molecule has 0 aliphatic carbocycles. The van der Waals surface area contributed by atoms with E-state index in [4.69, 9.17) is 16.7 Å². The molecule has 0 saturated carbocycles. The molecule has 140 valence electrons. The van der Waals surface area contributed by atoms with Gasteiger partial charge < -0.3 is 10.2 Å². The van der Waals surface area contributed by atoms with Crippen LogP contribution in [-0.4, -0.2) is 31.4 Å². The van der Waals surface area contributed by atoms with Crippen LogP contribution in [0, 0.1) is 0 Å². The maximum atomic E-state index is 10.9. The Hall–Kier alpha value is -3.38. The fraction of sp³-hybridized carbons (Fsp3) is 0.0952. The Morgan fingerprint density at radius 3 is 2.46 bits per heavy atom. The van der Waals surface area contributed by atoms with Crippen LogP contribution in [0.1, 0.15) is 12.1 Å². The number of nitrogens with zero attached hydrogens (tertiary/aromatic N) is 2. The van der Waals surface area contributed by atoms with Crippen LogP contribution in [0.3, 0.4) is 0 Å². The second kappa shape index (κ2) is 7.32. The minimum atomic E-state index is -0.861. The van der Waals surface area contributed by atoms with Gasteiger partial charge in [-0.05, 0) is 29.3 Å². The molecule has 2 aromatic heterocycles. The zero-order valence-electron chi connectivity index (χ0n) is 14.7. The number of aromatic hydroxyl groups is 1. The predicted molar refractivity (Wildman–Crippen MR) is 107 cm³/mol. The van der Waals surface area contributed by atoms with Crippen molar-refractivity contribution in [2.24, 2.45) is 0 Å². The number of carbonyl (C=O) groups is 1. The number of carboxylic acid groups (broad SMARTS) is 1. The number of hydrogen-bond donors (Lipinski definition) is 3. The lowest BCUT2D eigenvalue weighted by Gasteiger charge is -2.08. The van der Waals surface area contributed by atoms with Gasteiger partial charge in [0.15, 0.2) is 0 Å². The van der Waals surface area contributed by atoms with E-state index in [-0.39, 0.29) is 12.2 Å². The van der Waals surface area contributed by atoms with Gasteiger partial charge in [-0.1, -0.05) is 35.9 Å². The molecule has 0 bridgehead atoms. The van der Waals surface area contributed by atoms with Gasteiger partial charge >= 0.3 is 5.97 Å². The number of aromatic nitrogens is 3. The zero-order chi connectivity index (χ0) is 19.7. The fourth-order valence-corrected chi connectivity index (χ4v) is 3.46. The number of carboxylic acids is 1. The van der Waals surface area contributed by atoms with E-state index in [0.717, 1.165) is 27.6 Å². The molecule has 0 aliphatic rings. The summed E-state index contributed by atoms with van der Waals surface area (Å²) in [6, 6.07) is 13.2. The van der Waals surface area contributed by atoms with E-state index in [9.17, 15) is 9.90 Å². The van der Waals surface area contributed by atoms with Gasteiger partial charge in [0, 0.05) is 29.1 Å². The van der Waals surface area contributed by atoms with Crippen LogP contribution in [0.2, 0.25) is 5.02 Å². The summed E-state index contributed by atoms with van der Waals surface area (Å²) in [5, 5.41) is 27.5. The van der Waals surface area contributed by atoms with E-state index >= 15 is 0 Å². The Kier molecular flexibility index (Phi) is 4.71. The largest absolute Gasteiger partial charge is 0.506 e. The molecule has 0 saturated heterocycles. The molecule has 0 atom stereocenters. The molecule has 2 heterocycles. The van der Waals surface area contributed by atoms with Crippen molar-refractivity contribution in [3.8, 4) is 28.0 Å². The number of aryl methyl sites for hydroxylation is 1. The smallest absolute Gasteiger partial charge is 0.303 e. The molecular weight excluding hydrogens is 378 g/mol. The minimum absolute atomic E-state index is 0.0159. The molecular formula is C21H16ClN3O3. The molecule has 7 heteroatoms. The number of hydrogen-bond acceptors (Lipinski definition) is 4. The maximum absolute atomic E-state index is 10.9. The van der Waals surface area contributed by atoms with Crippen LogP contribution in [0.5, 0.6) is 5.75 Å². The fourth-order valence-electron chi connectivity index (χ4n) is 3.19. The Morgan fingerprint density at radius 2 is 1.79 bits per heavy atom. The van der Waals surface area contributed by atoms with Gasteiger partial charge in [0.1, 0.15) is 5.75 Å². The number of pyridine rings is 1. The molecule has 0 amide bonds. The second-order valence-corrected chi connectivity index (χ2v) is 6.82. The van der Waals surface area contributed by atoms with Gasteiger partial charge in [-0.3, -0.25) is 14.9 Å². The average molecular weight is 394 g/mol. The van der Waals surface area contributed by atoms with Gasteiger partial charge in [-0.15, -0.1) is 0 Å². The molecule has 0 aliphatic heterocycles. The van der Waals surface area contributed by atoms with Crippen LogP contribution >= 0.6 is 11.6 Å². The van der Waals surface area contributed by atoms with E-state index in [1.54, 1.807) is 18.3 Å². The lowest BCUT2D eigenvalue weighted by molar-refractivity contribution is -0.136. The maximum Gasteiger partial charge on any atom is 0.303 e. The molecule has 0 unspecified atom stereocenters. The van der Waals surface area contributed by atoms with Gasteiger partial charge in [0.2, 0.25) is 0 Å². The summed E-state index contributed by atoms with van der Waals surface area (Å²) in [5.74, 6) is -0.739. The van der Waals surface area contributed by atoms with Gasteiger partial charge in [0.25, 0.3) is 0 Å². The molecule has 0 spiro atoms. The third kappa shape index (κ3) is 3.42. The number of fused-ring (bicyclic) bond motifs is 1. The zero-order valence-corrected chi connectivity index (χ0v) is 15.4. The van der Waals surface area contributed by atoms with Gasteiger partial charge in [-0.25, -0.2) is 0 Å². The van der Waals surface area contributed by atoms with Crippen molar-refractivity contribution in [2.75, 3.05) is 0 Å². The number of aliphatic carboxylic acids is 1. The summed E-state index contributed by atoms with van der Waals surface area (Å²) in [4.78, 5) is 14.8. The van der Waals surface area contributed by atoms with Gasteiger partial charge in [0.05, 0.1) is 28.9 Å².